The molecule has 2 nitrogen and oxygen atoms in total. The number of hydrogen-bond acceptors (Lipinski definition) is 1. The Labute approximate surface area is 142 Å². The predicted octanol–water partition coefficient (Wildman–Crippen LogP) is 4.16. The largest absolute Gasteiger partial charge is 0.248 e. The van der Waals surface area contributed by atoms with E-state index in [0.717, 1.165) is 18.7 Å². The SMILES string of the molecule is c1ccc(C[n+]2ccnc(Cc3ccc4ccccc4c3)c2)cc1. The van der Waals surface area contributed by atoms with E-state index in [0.29, 0.717) is 0 Å². The van der Waals surface area contributed by atoms with Crippen LogP contribution in [0.3, 0.4) is 0 Å². The van der Waals surface area contributed by atoms with Crippen LogP contribution >= 0.6 is 0 Å². The summed E-state index contributed by atoms with van der Waals surface area (Å²) in [6.07, 6.45) is 6.90. The fourth-order valence-corrected chi connectivity index (χ4v) is 3.02. The molecule has 2 heteroatoms. The molecule has 0 unspecified atom stereocenters. The van der Waals surface area contributed by atoms with Gasteiger partial charge in [-0.05, 0) is 16.3 Å². The molecule has 0 aliphatic rings. The fraction of sp³-hybridized carbons (Fsp3) is 0.0909. The van der Waals surface area contributed by atoms with Gasteiger partial charge in [0.05, 0.1) is 6.20 Å². The second-order valence-electron chi connectivity index (χ2n) is 6.06. The number of nitrogens with zero attached hydrogens (tertiary/aromatic N) is 2. The first kappa shape index (κ1) is 14.6. The Kier molecular flexibility index (Phi) is 4.03. The van der Waals surface area contributed by atoms with Gasteiger partial charge in [-0.2, -0.15) is 4.57 Å². The van der Waals surface area contributed by atoms with Crippen LogP contribution in [0.2, 0.25) is 0 Å². The molecule has 1 aromatic heterocycles. The van der Waals surface area contributed by atoms with Gasteiger partial charge in [0.15, 0.2) is 18.9 Å². The lowest BCUT2D eigenvalue weighted by atomic mass is 10.0. The summed E-state index contributed by atoms with van der Waals surface area (Å²) < 4.78 is 2.19. The average Bonchev–Trinajstić information content (AvgIpc) is 2.63. The number of fused-ring (bicyclic) bond motifs is 1. The Bertz CT molecular complexity index is 961. The minimum atomic E-state index is 0.848. The first-order valence-corrected chi connectivity index (χ1v) is 8.22. The Morgan fingerprint density at radius 2 is 1.54 bits per heavy atom. The summed E-state index contributed by atoms with van der Waals surface area (Å²) in [5, 5.41) is 2.56. The molecular weight excluding hydrogens is 292 g/mol. The van der Waals surface area contributed by atoms with Crippen LogP contribution in [0, 0.1) is 0 Å². The number of aromatic nitrogens is 2. The summed E-state index contributed by atoms with van der Waals surface area (Å²) in [6.45, 7) is 0.869. The van der Waals surface area contributed by atoms with Gasteiger partial charge in [0.1, 0.15) is 5.69 Å². The maximum atomic E-state index is 4.54. The molecule has 0 saturated heterocycles. The van der Waals surface area contributed by atoms with Crippen LogP contribution in [-0.2, 0) is 13.0 Å². The van der Waals surface area contributed by atoms with E-state index in [1.807, 2.05) is 18.5 Å². The van der Waals surface area contributed by atoms with Crippen molar-refractivity contribution in [1.82, 2.24) is 4.98 Å². The lowest BCUT2D eigenvalue weighted by molar-refractivity contribution is -0.689. The van der Waals surface area contributed by atoms with E-state index in [4.69, 9.17) is 0 Å². The summed E-state index contributed by atoms with van der Waals surface area (Å²) >= 11 is 0. The summed E-state index contributed by atoms with van der Waals surface area (Å²) in [4.78, 5) is 4.54. The normalized spacial score (nSPS) is 10.8. The molecule has 0 saturated carbocycles. The monoisotopic (exact) mass is 311 g/mol. The van der Waals surface area contributed by atoms with Crippen molar-refractivity contribution in [3.8, 4) is 0 Å². The summed E-state index contributed by atoms with van der Waals surface area (Å²) in [6, 6.07) is 25.6. The van der Waals surface area contributed by atoms with Crippen molar-refractivity contribution in [2.24, 2.45) is 0 Å². The highest BCUT2D eigenvalue weighted by molar-refractivity contribution is 5.83. The maximum absolute atomic E-state index is 4.54. The first-order valence-electron chi connectivity index (χ1n) is 8.22. The standard InChI is InChI=1S/C22H19N2/c1-2-6-18(7-3-1)16-24-13-12-23-22(17-24)15-19-10-11-20-8-4-5-9-21(20)14-19/h1-14,17H,15-16H2/q+1. The Morgan fingerprint density at radius 1 is 0.750 bits per heavy atom. The zero-order valence-corrected chi connectivity index (χ0v) is 13.5. The lowest BCUT2D eigenvalue weighted by Crippen LogP contribution is -2.34. The molecule has 4 rings (SSSR count). The fourth-order valence-electron chi connectivity index (χ4n) is 3.02. The van der Waals surface area contributed by atoms with E-state index < -0.39 is 0 Å². The highest BCUT2D eigenvalue weighted by Crippen LogP contribution is 2.17. The molecule has 0 amide bonds. The summed E-state index contributed by atoms with van der Waals surface area (Å²) in [7, 11) is 0. The molecule has 3 aromatic carbocycles. The smallest absolute Gasteiger partial charge is 0.191 e. The van der Waals surface area contributed by atoms with Gasteiger partial charge < -0.3 is 0 Å². The third-order valence-corrected chi connectivity index (χ3v) is 4.22. The Morgan fingerprint density at radius 3 is 2.42 bits per heavy atom. The third-order valence-electron chi connectivity index (χ3n) is 4.22. The molecule has 0 fully saturated rings. The molecule has 4 aromatic rings. The second-order valence-corrected chi connectivity index (χ2v) is 6.06. The molecule has 1 heterocycles. The maximum Gasteiger partial charge on any atom is 0.191 e. The average molecular weight is 311 g/mol. The quantitative estimate of drug-likeness (QED) is 0.517. The van der Waals surface area contributed by atoms with Crippen molar-refractivity contribution < 1.29 is 4.57 Å². The van der Waals surface area contributed by atoms with E-state index >= 15 is 0 Å². The van der Waals surface area contributed by atoms with Gasteiger partial charge >= 0.3 is 0 Å². The molecule has 0 radical (unpaired) electrons. The number of benzene rings is 3. The highest BCUT2D eigenvalue weighted by atomic mass is 15.0. The van der Waals surface area contributed by atoms with Crippen LogP contribution in [0.5, 0.6) is 0 Å². The van der Waals surface area contributed by atoms with Gasteiger partial charge in [0.2, 0.25) is 0 Å². The molecule has 0 atom stereocenters. The van der Waals surface area contributed by atoms with Gasteiger partial charge in [-0.1, -0.05) is 72.8 Å². The van der Waals surface area contributed by atoms with Crippen LogP contribution in [0.15, 0.2) is 91.4 Å². The predicted molar refractivity (Wildman–Crippen MR) is 96.7 cm³/mol. The molecule has 0 bridgehead atoms. The van der Waals surface area contributed by atoms with Gasteiger partial charge in [-0.15, -0.1) is 0 Å². The van der Waals surface area contributed by atoms with Crippen LogP contribution in [0.25, 0.3) is 10.8 Å². The summed E-state index contributed by atoms with van der Waals surface area (Å²) in [5.41, 5.74) is 3.67. The van der Waals surface area contributed by atoms with Crippen molar-refractivity contribution in [2.45, 2.75) is 13.0 Å². The topological polar surface area (TPSA) is 16.8 Å². The summed E-state index contributed by atoms with van der Waals surface area (Å²) in [5.74, 6) is 0. The molecule has 24 heavy (non-hydrogen) atoms. The first-order chi connectivity index (χ1) is 11.9. The van der Waals surface area contributed by atoms with Gasteiger partial charge in [-0.25, -0.2) is 4.98 Å². The molecule has 116 valence electrons. The van der Waals surface area contributed by atoms with E-state index in [-0.39, 0.29) is 0 Å². The van der Waals surface area contributed by atoms with Crippen LogP contribution in [0.4, 0.5) is 0 Å². The van der Waals surface area contributed by atoms with Crippen LogP contribution < -0.4 is 4.57 Å². The van der Waals surface area contributed by atoms with Gasteiger partial charge in [0.25, 0.3) is 0 Å². The van der Waals surface area contributed by atoms with Crippen molar-refractivity contribution in [3.05, 3.63) is 108 Å². The van der Waals surface area contributed by atoms with E-state index in [9.17, 15) is 0 Å². The highest BCUT2D eigenvalue weighted by Gasteiger charge is 2.07. The second kappa shape index (κ2) is 6.63. The molecule has 0 N–H and O–H groups in total. The number of rotatable bonds is 4. The minimum Gasteiger partial charge on any atom is -0.248 e. The minimum absolute atomic E-state index is 0.848. The molecular formula is C22H19N2+. The number of hydrogen-bond donors (Lipinski definition) is 0. The molecule has 0 aliphatic heterocycles. The van der Waals surface area contributed by atoms with E-state index in [1.54, 1.807) is 0 Å². The molecule has 0 aliphatic carbocycles. The Hall–Kier alpha value is -3.00. The van der Waals surface area contributed by atoms with Gasteiger partial charge in [0, 0.05) is 12.0 Å². The zero-order chi connectivity index (χ0) is 16.2. The Balaban J connectivity index is 1.56. The third kappa shape index (κ3) is 3.33. The van der Waals surface area contributed by atoms with Crippen molar-refractivity contribution in [1.29, 1.82) is 0 Å². The van der Waals surface area contributed by atoms with Crippen molar-refractivity contribution in [3.63, 3.8) is 0 Å². The zero-order valence-electron chi connectivity index (χ0n) is 13.5. The van der Waals surface area contributed by atoms with Crippen LogP contribution in [-0.4, -0.2) is 4.98 Å². The van der Waals surface area contributed by atoms with E-state index in [1.165, 1.54) is 21.9 Å². The van der Waals surface area contributed by atoms with Gasteiger partial charge in [-0.3, -0.25) is 0 Å². The van der Waals surface area contributed by atoms with Crippen molar-refractivity contribution in [2.75, 3.05) is 0 Å². The molecule has 0 spiro atoms. The van der Waals surface area contributed by atoms with E-state index in [2.05, 4.69) is 82.5 Å². The lowest BCUT2D eigenvalue weighted by Gasteiger charge is -2.04. The van der Waals surface area contributed by atoms with Crippen LogP contribution in [0.1, 0.15) is 16.8 Å². The van der Waals surface area contributed by atoms with Crippen molar-refractivity contribution >= 4 is 10.8 Å².